The summed E-state index contributed by atoms with van der Waals surface area (Å²) in [4.78, 5) is 0. The number of hydrogen-bond donors (Lipinski definition) is 0. The summed E-state index contributed by atoms with van der Waals surface area (Å²) in [6.45, 7) is 4.31. The Labute approximate surface area is 82.1 Å². The van der Waals surface area contributed by atoms with E-state index in [1.807, 2.05) is 12.1 Å². The topological polar surface area (TPSA) is 0 Å². The van der Waals surface area contributed by atoms with Crippen molar-refractivity contribution >= 4 is 15.9 Å². The van der Waals surface area contributed by atoms with Gasteiger partial charge in [0.05, 0.1) is 0 Å². The van der Waals surface area contributed by atoms with Gasteiger partial charge in [-0.3, -0.25) is 0 Å². The molecular weight excluding hydrogens is 212 g/mol. The van der Waals surface area contributed by atoms with Crippen LogP contribution in [-0.2, 0) is 0 Å². The van der Waals surface area contributed by atoms with Gasteiger partial charge in [0.25, 0.3) is 0 Å². The van der Waals surface area contributed by atoms with Crippen LogP contribution in [0.25, 0.3) is 0 Å². The molecule has 0 bridgehead atoms. The van der Waals surface area contributed by atoms with Crippen LogP contribution in [0.1, 0.15) is 30.9 Å². The minimum Gasteiger partial charge on any atom is -0.115 e. The molecule has 0 aromatic heterocycles. The summed E-state index contributed by atoms with van der Waals surface area (Å²) >= 11 is 3.50. The average molecular weight is 223 g/mol. The first-order valence-electron chi connectivity index (χ1n) is 3.92. The van der Waals surface area contributed by atoms with Crippen molar-refractivity contribution in [3.05, 3.63) is 33.8 Å². The highest BCUT2D eigenvalue weighted by Crippen LogP contribution is 2.27. The molecule has 0 heterocycles. The van der Waals surface area contributed by atoms with Crippen molar-refractivity contribution in [3.63, 3.8) is 0 Å². The van der Waals surface area contributed by atoms with E-state index in [1.165, 1.54) is 5.56 Å². The van der Waals surface area contributed by atoms with Crippen molar-refractivity contribution in [2.75, 3.05) is 0 Å². The molecule has 0 aliphatic carbocycles. The molecule has 1 aromatic carbocycles. The number of halogens is 1. The Morgan fingerprint density at radius 1 is 1.42 bits per heavy atom. The maximum absolute atomic E-state index is 5.34. The van der Waals surface area contributed by atoms with E-state index in [4.69, 9.17) is 6.42 Å². The summed E-state index contributed by atoms with van der Waals surface area (Å²) < 4.78 is 1.06. The van der Waals surface area contributed by atoms with Gasteiger partial charge in [0.15, 0.2) is 0 Å². The number of rotatable bonds is 1. The van der Waals surface area contributed by atoms with Gasteiger partial charge in [-0.25, -0.2) is 0 Å². The van der Waals surface area contributed by atoms with Gasteiger partial charge in [-0.2, -0.15) is 0 Å². The van der Waals surface area contributed by atoms with E-state index in [2.05, 4.69) is 41.8 Å². The minimum atomic E-state index is 0.507. The monoisotopic (exact) mass is 222 g/mol. The molecule has 0 unspecified atom stereocenters. The molecule has 1 aromatic rings. The lowest BCUT2D eigenvalue weighted by atomic mass is 10.0. The molecule has 0 aliphatic heterocycles. The SMILES string of the molecule is C#Cc1cccc(C(C)C)c1Br. The van der Waals surface area contributed by atoms with Crippen molar-refractivity contribution in [2.45, 2.75) is 19.8 Å². The van der Waals surface area contributed by atoms with E-state index >= 15 is 0 Å². The normalized spacial score (nSPS) is 9.92. The Hall–Kier alpha value is -0.740. The number of benzene rings is 1. The fourth-order valence-corrected chi connectivity index (χ4v) is 1.94. The van der Waals surface area contributed by atoms with Crippen LogP contribution in [0.5, 0.6) is 0 Å². The zero-order valence-electron chi connectivity index (χ0n) is 7.26. The Balaban J connectivity index is 3.25. The summed E-state index contributed by atoms with van der Waals surface area (Å²) in [5, 5.41) is 0. The van der Waals surface area contributed by atoms with Crippen LogP contribution in [-0.4, -0.2) is 0 Å². The first-order chi connectivity index (χ1) is 5.66. The lowest BCUT2D eigenvalue weighted by Crippen LogP contribution is -1.90. The van der Waals surface area contributed by atoms with Gasteiger partial charge in [0.1, 0.15) is 0 Å². The van der Waals surface area contributed by atoms with Crippen LogP contribution >= 0.6 is 15.9 Å². The second kappa shape index (κ2) is 3.78. The first-order valence-corrected chi connectivity index (χ1v) is 4.71. The third-order valence-electron chi connectivity index (χ3n) is 1.81. The third-order valence-corrected chi connectivity index (χ3v) is 2.69. The predicted molar refractivity (Wildman–Crippen MR) is 56.2 cm³/mol. The Bertz CT molecular complexity index is 318. The zero-order chi connectivity index (χ0) is 9.14. The molecule has 1 rings (SSSR count). The van der Waals surface area contributed by atoms with E-state index in [0.29, 0.717) is 5.92 Å². The molecule has 0 amide bonds. The second-order valence-electron chi connectivity index (χ2n) is 3.01. The van der Waals surface area contributed by atoms with Crippen LogP contribution in [0.2, 0.25) is 0 Å². The quantitative estimate of drug-likeness (QED) is 0.638. The molecule has 0 fully saturated rings. The molecule has 0 radical (unpaired) electrons. The lowest BCUT2D eigenvalue weighted by molar-refractivity contribution is 0.860. The largest absolute Gasteiger partial charge is 0.115 e. The van der Waals surface area contributed by atoms with Crippen LogP contribution in [0.15, 0.2) is 22.7 Å². The molecule has 0 nitrogen and oxygen atoms in total. The zero-order valence-corrected chi connectivity index (χ0v) is 8.85. The van der Waals surface area contributed by atoms with Gasteiger partial charge >= 0.3 is 0 Å². The van der Waals surface area contributed by atoms with E-state index in [9.17, 15) is 0 Å². The fraction of sp³-hybridized carbons (Fsp3) is 0.273. The smallest absolute Gasteiger partial charge is 0.0387 e. The highest BCUT2D eigenvalue weighted by atomic mass is 79.9. The summed E-state index contributed by atoms with van der Waals surface area (Å²) in [5.74, 6) is 3.15. The number of terminal acetylenes is 1. The third kappa shape index (κ3) is 1.70. The summed E-state index contributed by atoms with van der Waals surface area (Å²) in [6, 6.07) is 6.03. The second-order valence-corrected chi connectivity index (χ2v) is 3.80. The Kier molecular flexibility index (Phi) is 2.94. The summed E-state index contributed by atoms with van der Waals surface area (Å²) in [7, 11) is 0. The summed E-state index contributed by atoms with van der Waals surface area (Å²) in [5.41, 5.74) is 2.20. The van der Waals surface area contributed by atoms with Crippen molar-refractivity contribution in [1.29, 1.82) is 0 Å². The molecular formula is C11H11Br. The molecule has 0 saturated heterocycles. The molecule has 62 valence electrons. The molecule has 1 heteroatoms. The minimum absolute atomic E-state index is 0.507. The maximum Gasteiger partial charge on any atom is 0.0387 e. The van der Waals surface area contributed by atoms with Gasteiger partial charge in [-0.05, 0) is 33.5 Å². The van der Waals surface area contributed by atoms with Gasteiger partial charge < -0.3 is 0 Å². The van der Waals surface area contributed by atoms with E-state index in [-0.39, 0.29) is 0 Å². The Morgan fingerprint density at radius 2 is 2.08 bits per heavy atom. The summed E-state index contributed by atoms with van der Waals surface area (Å²) in [6.07, 6.45) is 5.34. The van der Waals surface area contributed by atoms with E-state index < -0.39 is 0 Å². The van der Waals surface area contributed by atoms with Crippen molar-refractivity contribution in [1.82, 2.24) is 0 Å². The maximum atomic E-state index is 5.34. The van der Waals surface area contributed by atoms with Crippen molar-refractivity contribution in [2.24, 2.45) is 0 Å². The molecule has 0 spiro atoms. The Morgan fingerprint density at radius 3 is 2.58 bits per heavy atom. The average Bonchev–Trinajstić information content (AvgIpc) is 2.04. The van der Waals surface area contributed by atoms with Crippen LogP contribution < -0.4 is 0 Å². The first kappa shape index (κ1) is 9.35. The van der Waals surface area contributed by atoms with Crippen LogP contribution in [0.4, 0.5) is 0 Å². The standard InChI is InChI=1S/C11H11Br/c1-4-9-6-5-7-10(8(2)3)11(9)12/h1,5-8H,2-3H3. The van der Waals surface area contributed by atoms with Gasteiger partial charge in [-0.1, -0.05) is 31.9 Å². The lowest BCUT2D eigenvalue weighted by Gasteiger charge is -2.08. The van der Waals surface area contributed by atoms with E-state index in [1.54, 1.807) is 0 Å². The van der Waals surface area contributed by atoms with Crippen LogP contribution in [0, 0.1) is 12.3 Å². The van der Waals surface area contributed by atoms with Gasteiger partial charge in [0.2, 0.25) is 0 Å². The molecule has 0 aliphatic rings. The fourth-order valence-electron chi connectivity index (χ4n) is 1.11. The van der Waals surface area contributed by atoms with Crippen LogP contribution in [0.3, 0.4) is 0 Å². The van der Waals surface area contributed by atoms with Crippen molar-refractivity contribution < 1.29 is 0 Å². The van der Waals surface area contributed by atoms with Gasteiger partial charge in [0, 0.05) is 10.0 Å². The predicted octanol–water partition coefficient (Wildman–Crippen LogP) is 3.55. The molecule has 0 N–H and O–H groups in total. The highest BCUT2D eigenvalue weighted by Gasteiger charge is 2.06. The van der Waals surface area contributed by atoms with Gasteiger partial charge in [-0.15, -0.1) is 6.42 Å². The molecule has 0 atom stereocenters. The van der Waals surface area contributed by atoms with Crippen molar-refractivity contribution in [3.8, 4) is 12.3 Å². The van der Waals surface area contributed by atoms with E-state index in [0.717, 1.165) is 10.0 Å². The molecule has 0 saturated carbocycles. The molecule has 12 heavy (non-hydrogen) atoms. The number of hydrogen-bond acceptors (Lipinski definition) is 0. The highest BCUT2D eigenvalue weighted by molar-refractivity contribution is 9.10.